The molecule has 120 valence electrons. The van der Waals surface area contributed by atoms with E-state index in [1.165, 1.54) is 20.8 Å². The first-order chi connectivity index (χ1) is 9.28. The molecule has 0 fully saturated rings. The predicted octanol–water partition coefficient (Wildman–Crippen LogP) is 0.388. The Morgan fingerprint density at radius 2 is 1.86 bits per heavy atom. The van der Waals surface area contributed by atoms with Gasteiger partial charge in [-0.25, -0.2) is 26.4 Å². The fourth-order valence-electron chi connectivity index (χ4n) is 1.32. The molecule has 1 aromatic heterocycles. The van der Waals surface area contributed by atoms with Gasteiger partial charge in [-0.1, -0.05) is 0 Å². The van der Waals surface area contributed by atoms with Crippen LogP contribution in [0.5, 0.6) is 0 Å². The number of furan rings is 1. The number of sulfonamides is 1. The molecule has 0 aliphatic carbocycles. The van der Waals surface area contributed by atoms with E-state index in [0.717, 1.165) is 12.3 Å². The van der Waals surface area contributed by atoms with E-state index in [0.29, 0.717) is 0 Å². The molecular weight excluding hydrogens is 322 g/mol. The summed E-state index contributed by atoms with van der Waals surface area (Å²) in [4.78, 5) is 10.4. The fourth-order valence-corrected chi connectivity index (χ4v) is 3.13. The molecule has 0 amide bonds. The maximum atomic E-state index is 12.1. The van der Waals surface area contributed by atoms with Crippen LogP contribution in [0.1, 0.15) is 30.2 Å². The van der Waals surface area contributed by atoms with Gasteiger partial charge in [0.25, 0.3) is 0 Å². The summed E-state index contributed by atoms with van der Waals surface area (Å²) in [5.41, 5.74) is 0. The van der Waals surface area contributed by atoms with Gasteiger partial charge in [-0.05, 0) is 20.8 Å². The topological polar surface area (TPSA) is 131 Å². The molecule has 0 atom stereocenters. The second-order valence-electron chi connectivity index (χ2n) is 5.19. The zero-order chi connectivity index (χ0) is 16.6. The van der Waals surface area contributed by atoms with Crippen LogP contribution in [0, 0.1) is 6.92 Å². The first-order valence-electron chi connectivity index (χ1n) is 5.81. The largest absolute Gasteiger partial charge is 0.475 e. The average molecular weight is 339 g/mol. The Bertz CT molecular complexity index is 756. The predicted molar refractivity (Wildman–Crippen MR) is 74.5 cm³/mol. The molecule has 0 saturated heterocycles. The minimum Gasteiger partial charge on any atom is -0.475 e. The Morgan fingerprint density at radius 1 is 1.33 bits per heavy atom. The number of carbonyl (C=O) groups is 1. The van der Waals surface area contributed by atoms with Gasteiger partial charge in [-0.3, -0.25) is 0 Å². The highest BCUT2D eigenvalue weighted by molar-refractivity contribution is 7.92. The Labute approximate surface area is 123 Å². The Hall–Kier alpha value is -1.39. The molecule has 1 heterocycles. The third kappa shape index (κ3) is 3.83. The maximum Gasteiger partial charge on any atom is 0.371 e. The lowest BCUT2D eigenvalue weighted by atomic mass is 10.2. The number of hydrogen-bond acceptors (Lipinski definition) is 6. The van der Waals surface area contributed by atoms with E-state index in [1.807, 2.05) is 0 Å². The average Bonchev–Trinajstić information content (AvgIpc) is 2.68. The third-order valence-electron chi connectivity index (χ3n) is 3.06. The molecule has 0 aliphatic rings. The lowest BCUT2D eigenvalue weighted by Gasteiger charge is -2.22. The van der Waals surface area contributed by atoms with Crippen molar-refractivity contribution in [2.45, 2.75) is 30.4 Å². The van der Waals surface area contributed by atoms with Crippen molar-refractivity contribution < 1.29 is 31.2 Å². The molecule has 0 unspecified atom stereocenters. The molecule has 2 N–H and O–H groups in total. The summed E-state index contributed by atoms with van der Waals surface area (Å²) in [6, 6.07) is 0.882. The van der Waals surface area contributed by atoms with Crippen LogP contribution in [0.15, 0.2) is 15.4 Å². The van der Waals surface area contributed by atoms with Crippen molar-refractivity contribution in [3.05, 3.63) is 17.6 Å². The standard InChI is InChI=1S/C11H17NO7S2/c1-7-9(5-8(19-7)10(13)14)21(17,18)12-6-11(2,3)20(4,15)16/h5,12H,6H2,1-4H3,(H,13,14). The molecule has 0 spiro atoms. The molecule has 8 nitrogen and oxygen atoms in total. The van der Waals surface area contributed by atoms with Gasteiger partial charge in [0.1, 0.15) is 10.7 Å². The maximum absolute atomic E-state index is 12.1. The molecule has 21 heavy (non-hydrogen) atoms. The number of hydrogen-bond donors (Lipinski definition) is 2. The van der Waals surface area contributed by atoms with Gasteiger partial charge in [0, 0.05) is 18.9 Å². The quantitative estimate of drug-likeness (QED) is 0.766. The van der Waals surface area contributed by atoms with Crippen LogP contribution < -0.4 is 4.72 Å². The van der Waals surface area contributed by atoms with Gasteiger partial charge in [0.05, 0.1) is 4.75 Å². The van der Waals surface area contributed by atoms with Crippen LogP contribution in [0.3, 0.4) is 0 Å². The summed E-state index contributed by atoms with van der Waals surface area (Å²) in [6.45, 7) is 3.73. The van der Waals surface area contributed by atoms with Crippen LogP contribution in [0.2, 0.25) is 0 Å². The van der Waals surface area contributed by atoms with Crippen LogP contribution in [-0.4, -0.2) is 45.5 Å². The summed E-state index contributed by atoms with van der Waals surface area (Å²) in [6.07, 6.45) is 1.01. The van der Waals surface area contributed by atoms with E-state index in [-0.39, 0.29) is 17.2 Å². The minimum absolute atomic E-state index is 0.0861. The molecule has 0 aliphatic heterocycles. The van der Waals surface area contributed by atoms with Gasteiger partial charge >= 0.3 is 5.97 Å². The van der Waals surface area contributed by atoms with Crippen LogP contribution >= 0.6 is 0 Å². The van der Waals surface area contributed by atoms with Crippen molar-refractivity contribution >= 4 is 25.8 Å². The van der Waals surface area contributed by atoms with E-state index in [4.69, 9.17) is 9.52 Å². The Balaban J connectivity index is 3.06. The zero-order valence-corrected chi connectivity index (χ0v) is 13.6. The van der Waals surface area contributed by atoms with E-state index in [9.17, 15) is 21.6 Å². The molecule has 0 radical (unpaired) electrons. The van der Waals surface area contributed by atoms with Crippen molar-refractivity contribution in [2.24, 2.45) is 0 Å². The summed E-state index contributed by atoms with van der Waals surface area (Å²) < 4.78 is 53.0. The van der Waals surface area contributed by atoms with Gasteiger partial charge < -0.3 is 9.52 Å². The minimum atomic E-state index is -4.07. The van der Waals surface area contributed by atoms with Gasteiger partial charge in [0.15, 0.2) is 9.84 Å². The van der Waals surface area contributed by atoms with Crippen molar-refractivity contribution in [1.29, 1.82) is 0 Å². The van der Waals surface area contributed by atoms with E-state index >= 15 is 0 Å². The molecule has 10 heteroatoms. The number of carboxylic acid groups (broad SMARTS) is 1. The highest BCUT2D eigenvalue weighted by Gasteiger charge is 2.33. The molecule has 0 bridgehead atoms. The van der Waals surface area contributed by atoms with Crippen molar-refractivity contribution in [1.82, 2.24) is 4.72 Å². The lowest BCUT2D eigenvalue weighted by molar-refractivity contribution is 0.0661. The van der Waals surface area contributed by atoms with Crippen LogP contribution in [-0.2, 0) is 19.9 Å². The summed E-state index contributed by atoms with van der Waals surface area (Å²) in [5.74, 6) is -1.98. The number of carboxylic acids is 1. The first-order valence-corrected chi connectivity index (χ1v) is 9.18. The highest BCUT2D eigenvalue weighted by Crippen LogP contribution is 2.21. The molecule has 1 rings (SSSR count). The number of aryl methyl sites for hydroxylation is 1. The summed E-state index contributed by atoms with van der Waals surface area (Å²) in [7, 11) is -7.54. The summed E-state index contributed by atoms with van der Waals surface area (Å²) >= 11 is 0. The summed E-state index contributed by atoms with van der Waals surface area (Å²) in [5, 5.41) is 8.77. The number of rotatable bonds is 6. The van der Waals surface area contributed by atoms with Gasteiger partial charge in [-0.15, -0.1) is 0 Å². The van der Waals surface area contributed by atoms with E-state index in [2.05, 4.69) is 4.72 Å². The third-order valence-corrected chi connectivity index (χ3v) is 6.72. The van der Waals surface area contributed by atoms with E-state index in [1.54, 1.807) is 0 Å². The smallest absolute Gasteiger partial charge is 0.371 e. The number of sulfone groups is 1. The zero-order valence-electron chi connectivity index (χ0n) is 12.0. The normalized spacial score (nSPS) is 13.3. The lowest BCUT2D eigenvalue weighted by Crippen LogP contribution is -2.43. The van der Waals surface area contributed by atoms with Gasteiger partial charge in [0.2, 0.25) is 15.8 Å². The highest BCUT2D eigenvalue weighted by atomic mass is 32.2. The van der Waals surface area contributed by atoms with Gasteiger partial charge in [-0.2, -0.15) is 0 Å². The van der Waals surface area contributed by atoms with Crippen LogP contribution in [0.25, 0.3) is 0 Å². The van der Waals surface area contributed by atoms with E-state index < -0.39 is 36.3 Å². The van der Waals surface area contributed by atoms with Crippen LogP contribution in [0.4, 0.5) is 0 Å². The molecule has 1 aromatic rings. The second kappa shape index (κ2) is 5.43. The first kappa shape index (κ1) is 17.7. The Kier molecular flexibility index (Phi) is 4.56. The fraction of sp³-hybridized carbons (Fsp3) is 0.545. The van der Waals surface area contributed by atoms with Crippen molar-refractivity contribution in [2.75, 3.05) is 12.8 Å². The molecular formula is C11H17NO7S2. The monoisotopic (exact) mass is 339 g/mol. The Morgan fingerprint density at radius 3 is 2.24 bits per heavy atom. The van der Waals surface area contributed by atoms with Crippen molar-refractivity contribution in [3.8, 4) is 0 Å². The van der Waals surface area contributed by atoms with Crippen molar-refractivity contribution in [3.63, 3.8) is 0 Å². The SMILES string of the molecule is Cc1oc(C(=O)O)cc1S(=O)(=O)NCC(C)(C)S(C)(=O)=O. The second-order valence-corrected chi connectivity index (χ2v) is 9.58. The number of nitrogens with one attached hydrogen (secondary N) is 1. The molecule has 0 aromatic carbocycles. The number of aromatic carboxylic acids is 1. The molecule has 0 saturated carbocycles.